The number of ether oxygens (including phenoxy) is 3. The molecular weight excluding hydrogens is 933 g/mol. The third kappa shape index (κ3) is 14.4. The van der Waals surface area contributed by atoms with E-state index in [2.05, 4.69) is 36.2 Å². The van der Waals surface area contributed by atoms with Crippen LogP contribution in [0.25, 0.3) is 31.8 Å². The van der Waals surface area contributed by atoms with Crippen LogP contribution in [0.15, 0.2) is 60.2 Å². The number of pyridine rings is 1. The highest BCUT2D eigenvalue weighted by atomic mass is 32.1. The quantitative estimate of drug-likeness (QED) is 0.0469. The summed E-state index contributed by atoms with van der Waals surface area (Å²) >= 11 is 2.93. The summed E-state index contributed by atoms with van der Waals surface area (Å²) in [4.78, 5) is 81.7. The first-order valence-electron chi connectivity index (χ1n) is 24.0. The number of benzene rings is 2. The van der Waals surface area contributed by atoms with Crippen molar-refractivity contribution in [3.05, 3.63) is 77.2 Å². The van der Waals surface area contributed by atoms with Crippen LogP contribution in [0.3, 0.4) is 0 Å². The molecule has 5 N–H and O–H groups in total. The van der Waals surface area contributed by atoms with Gasteiger partial charge in [-0.1, -0.05) is 68.9 Å². The van der Waals surface area contributed by atoms with Gasteiger partial charge in [-0.2, -0.15) is 0 Å². The minimum atomic E-state index is -0.943. The lowest BCUT2D eigenvalue weighted by molar-refractivity contribution is -0.144. The zero-order valence-electron chi connectivity index (χ0n) is 40.5. The Labute approximate surface area is 416 Å². The van der Waals surface area contributed by atoms with Gasteiger partial charge in [-0.3, -0.25) is 29.5 Å². The van der Waals surface area contributed by atoms with Gasteiger partial charge in [0.1, 0.15) is 18.2 Å². The minimum Gasteiger partial charge on any atom is -0.446 e. The molecule has 70 heavy (non-hydrogen) atoms. The number of anilines is 2. The fraction of sp³-hybridized carbons (Fsp3) is 0.490. The molecule has 4 heterocycles. The molecule has 17 nitrogen and oxygen atoms in total. The third-order valence-corrected chi connectivity index (χ3v) is 14.3. The van der Waals surface area contributed by atoms with Gasteiger partial charge in [-0.25, -0.2) is 14.8 Å². The SMILES string of the molecule is Cc1ncc(-c2ccc3nc(NC(=O)CCOCCCOCCC(=O)N[C@H](C(=O)N4C[C@H](O)C[C@H]4C(=O)NCc4ccc(-c5scnc5C)cc4)C(C)(C)C)sc3c2)cc1NC(=O)OC1CCCCC1. The molecule has 1 aliphatic carbocycles. The van der Waals surface area contributed by atoms with Crippen molar-refractivity contribution in [1.29, 1.82) is 0 Å². The van der Waals surface area contributed by atoms with Crippen LogP contribution < -0.4 is 21.3 Å². The van der Waals surface area contributed by atoms with E-state index >= 15 is 0 Å². The number of aromatic nitrogens is 3. The molecule has 19 heteroatoms. The molecule has 1 saturated carbocycles. The van der Waals surface area contributed by atoms with Crippen molar-refractivity contribution in [2.45, 2.75) is 123 Å². The number of aryl methyl sites for hydroxylation is 2. The molecule has 0 unspecified atom stereocenters. The van der Waals surface area contributed by atoms with Gasteiger partial charge in [0.25, 0.3) is 0 Å². The normalized spacial score (nSPS) is 16.7. The Morgan fingerprint density at radius 1 is 0.843 bits per heavy atom. The second-order valence-corrected chi connectivity index (χ2v) is 20.8. The summed E-state index contributed by atoms with van der Waals surface area (Å²) in [6, 6.07) is 13.7. The van der Waals surface area contributed by atoms with E-state index in [9.17, 15) is 29.1 Å². The Morgan fingerprint density at radius 2 is 1.56 bits per heavy atom. The highest BCUT2D eigenvalue weighted by Crippen LogP contribution is 2.33. The molecule has 3 aromatic heterocycles. The van der Waals surface area contributed by atoms with E-state index in [1.807, 2.05) is 88.7 Å². The van der Waals surface area contributed by atoms with Gasteiger partial charge < -0.3 is 40.2 Å². The van der Waals surface area contributed by atoms with Crippen molar-refractivity contribution in [2.75, 3.05) is 43.6 Å². The fourth-order valence-electron chi connectivity index (χ4n) is 8.44. The molecule has 0 spiro atoms. The van der Waals surface area contributed by atoms with Gasteiger partial charge in [-0.05, 0) is 86.3 Å². The molecule has 2 aliphatic rings. The minimum absolute atomic E-state index is 0.0148. The number of rotatable bonds is 20. The predicted molar refractivity (Wildman–Crippen MR) is 270 cm³/mol. The number of fused-ring (bicyclic) bond motifs is 1. The summed E-state index contributed by atoms with van der Waals surface area (Å²) in [5.74, 6) is -1.41. The van der Waals surface area contributed by atoms with Crippen LogP contribution in [-0.2, 0) is 39.9 Å². The standard InChI is InChI=1S/C51H64N8O9S2/c1-31-40(56-50(65)68-38-10-7-6-8-11-38)24-36(28-52-31)35-16-17-39-42(25-35)70-49(55-39)58-44(62)19-23-67-21-9-20-66-22-18-43(61)57-46(51(3,4)5)48(64)59-29-37(60)26-41(59)47(63)53-27-33-12-14-34(15-13-33)45-32(2)54-30-69-45/h12-17,24-25,28,30,37-38,41,46,60H,6-11,18-23,26-27,29H2,1-5H3,(H,53,63)(H,56,65)(H,57,61)(H,55,58,62)/t37-,41+,46-/m1/s1. The number of hydrogen-bond acceptors (Lipinski definition) is 14. The van der Waals surface area contributed by atoms with Crippen molar-refractivity contribution >= 4 is 73.4 Å². The molecule has 2 fully saturated rings. The molecule has 7 rings (SSSR count). The van der Waals surface area contributed by atoms with Crippen LogP contribution in [0.4, 0.5) is 15.6 Å². The maximum Gasteiger partial charge on any atom is 0.411 e. The Kier molecular flexibility index (Phi) is 18.1. The molecular formula is C51H64N8O9S2. The number of likely N-dealkylation sites (tertiary alicyclic amines) is 1. The number of β-amino-alcohol motifs (C(OH)–C–C–N with tert-alkyl or cyclic N) is 1. The van der Waals surface area contributed by atoms with Gasteiger partial charge in [0.05, 0.1) is 63.4 Å². The number of hydrogen-bond donors (Lipinski definition) is 5. The van der Waals surface area contributed by atoms with Crippen molar-refractivity contribution in [2.24, 2.45) is 5.41 Å². The lowest BCUT2D eigenvalue weighted by Gasteiger charge is -2.35. The van der Waals surface area contributed by atoms with E-state index in [0.717, 1.165) is 68.7 Å². The molecule has 3 atom stereocenters. The molecule has 5 amide bonds. The maximum atomic E-state index is 14.0. The van der Waals surface area contributed by atoms with Crippen LogP contribution in [0.2, 0.25) is 0 Å². The lowest BCUT2D eigenvalue weighted by atomic mass is 9.85. The number of amides is 5. The van der Waals surface area contributed by atoms with Crippen molar-refractivity contribution in [3.8, 4) is 21.6 Å². The summed E-state index contributed by atoms with van der Waals surface area (Å²) in [6.45, 7) is 10.6. The zero-order chi connectivity index (χ0) is 49.8. The number of nitrogens with one attached hydrogen (secondary N) is 4. The summed E-state index contributed by atoms with van der Waals surface area (Å²) in [7, 11) is 0. The number of aliphatic hydroxyl groups is 1. The molecule has 1 saturated heterocycles. The molecule has 0 radical (unpaired) electrons. The Hall–Kier alpha value is -5.86. The molecule has 1 aliphatic heterocycles. The van der Waals surface area contributed by atoms with E-state index in [1.54, 1.807) is 17.5 Å². The van der Waals surface area contributed by atoms with Crippen LogP contribution >= 0.6 is 22.7 Å². The van der Waals surface area contributed by atoms with Gasteiger partial charge in [0.2, 0.25) is 23.6 Å². The zero-order valence-corrected chi connectivity index (χ0v) is 42.1. The Balaban J connectivity index is 0.779. The van der Waals surface area contributed by atoms with E-state index < -0.39 is 35.6 Å². The first-order valence-corrected chi connectivity index (χ1v) is 25.7. The highest BCUT2D eigenvalue weighted by Gasteiger charge is 2.44. The van der Waals surface area contributed by atoms with E-state index in [1.165, 1.54) is 22.7 Å². The predicted octanol–water partition coefficient (Wildman–Crippen LogP) is 7.93. The number of carbonyl (C=O) groups excluding carboxylic acids is 5. The molecule has 374 valence electrons. The fourth-order valence-corrected chi connectivity index (χ4v) is 10.2. The van der Waals surface area contributed by atoms with Crippen LogP contribution in [0.5, 0.6) is 0 Å². The largest absolute Gasteiger partial charge is 0.446 e. The van der Waals surface area contributed by atoms with Crippen LogP contribution in [0, 0.1) is 19.3 Å². The van der Waals surface area contributed by atoms with Crippen LogP contribution in [-0.4, -0.2) is 112 Å². The first-order chi connectivity index (χ1) is 33.6. The second-order valence-electron chi connectivity index (χ2n) is 18.9. The average molecular weight is 997 g/mol. The number of thiazole rings is 2. The monoisotopic (exact) mass is 996 g/mol. The average Bonchev–Trinajstić information content (AvgIpc) is 4.07. The highest BCUT2D eigenvalue weighted by molar-refractivity contribution is 7.22. The summed E-state index contributed by atoms with van der Waals surface area (Å²) in [5.41, 5.74) is 7.74. The number of nitrogens with zero attached hydrogens (tertiary/aromatic N) is 4. The lowest BCUT2D eigenvalue weighted by Crippen LogP contribution is -2.57. The molecule has 2 aromatic carbocycles. The van der Waals surface area contributed by atoms with Crippen molar-refractivity contribution in [3.63, 3.8) is 0 Å². The maximum absolute atomic E-state index is 14.0. The summed E-state index contributed by atoms with van der Waals surface area (Å²) in [5, 5.41) is 22.5. The Morgan fingerprint density at radius 3 is 2.26 bits per heavy atom. The topological polar surface area (TPSA) is 223 Å². The van der Waals surface area contributed by atoms with E-state index in [0.29, 0.717) is 36.1 Å². The number of aliphatic hydroxyl groups excluding tert-OH is 1. The molecule has 5 aromatic rings. The van der Waals surface area contributed by atoms with Crippen molar-refractivity contribution < 1.29 is 43.3 Å². The van der Waals surface area contributed by atoms with Crippen molar-refractivity contribution in [1.82, 2.24) is 30.5 Å². The second kappa shape index (κ2) is 24.3. The van der Waals surface area contributed by atoms with Gasteiger partial charge in [0.15, 0.2) is 5.13 Å². The van der Waals surface area contributed by atoms with Crippen LogP contribution in [0.1, 0.15) is 95.5 Å². The van der Waals surface area contributed by atoms with Gasteiger partial charge in [-0.15, -0.1) is 11.3 Å². The Bertz CT molecular complexity index is 2610. The molecule has 0 bridgehead atoms. The third-order valence-electron chi connectivity index (χ3n) is 12.4. The van der Waals surface area contributed by atoms with E-state index in [-0.39, 0.29) is 69.4 Å². The summed E-state index contributed by atoms with van der Waals surface area (Å²) in [6.07, 6.45) is 6.25. The van der Waals surface area contributed by atoms with E-state index in [4.69, 9.17) is 14.2 Å². The summed E-state index contributed by atoms with van der Waals surface area (Å²) < 4.78 is 17.9. The smallest absolute Gasteiger partial charge is 0.411 e. The van der Waals surface area contributed by atoms with Gasteiger partial charge in [0, 0.05) is 50.9 Å². The number of carbonyl (C=O) groups is 5. The first kappa shape index (κ1) is 52.0. The van der Waals surface area contributed by atoms with Gasteiger partial charge >= 0.3 is 6.09 Å².